The number of likely N-dealkylation sites (N-methyl/N-ethyl adjacent to an activating group) is 1. The van der Waals surface area contributed by atoms with Crippen molar-refractivity contribution < 1.29 is 4.79 Å². The number of nitrogens with one attached hydrogen (secondary N) is 3. The van der Waals surface area contributed by atoms with E-state index in [-0.39, 0.29) is 35.3 Å². The first-order chi connectivity index (χ1) is 14.3. The van der Waals surface area contributed by atoms with E-state index in [0.717, 1.165) is 24.6 Å². The number of benzene rings is 2. The molecule has 0 atom stereocenters. The van der Waals surface area contributed by atoms with E-state index in [9.17, 15) is 4.79 Å². The van der Waals surface area contributed by atoms with Gasteiger partial charge in [-0.05, 0) is 37.4 Å². The van der Waals surface area contributed by atoms with Crippen LogP contribution in [0.25, 0.3) is 0 Å². The highest BCUT2D eigenvalue weighted by Gasteiger charge is 2.20. The SMILES string of the molecule is CN=C(NCc1cccc(C(=O)NCCN(C)C)c1)NCC(C)(C)c1ccccc1.I. The fourth-order valence-electron chi connectivity index (χ4n) is 3.02. The number of guanidine groups is 1. The van der Waals surface area contributed by atoms with E-state index in [0.29, 0.717) is 18.7 Å². The second-order valence-electron chi connectivity index (χ2n) is 8.29. The Balaban J connectivity index is 0.00000480. The first-order valence-corrected chi connectivity index (χ1v) is 10.3. The van der Waals surface area contributed by atoms with Crippen LogP contribution in [-0.4, -0.2) is 57.5 Å². The molecule has 2 aromatic rings. The van der Waals surface area contributed by atoms with Gasteiger partial charge in [0.15, 0.2) is 5.96 Å². The summed E-state index contributed by atoms with van der Waals surface area (Å²) in [6.45, 7) is 7.20. The molecule has 0 spiro atoms. The summed E-state index contributed by atoms with van der Waals surface area (Å²) in [7, 11) is 5.74. The van der Waals surface area contributed by atoms with Crippen molar-refractivity contribution in [1.82, 2.24) is 20.9 Å². The van der Waals surface area contributed by atoms with E-state index in [4.69, 9.17) is 0 Å². The predicted octanol–water partition coefficient (Wildman–Crippen LogP) is 3.24. The lowest BCUT2D eigenvalue weighted by Crippen LogP contribution is -2.43. The summed E-state index contributed by atoms with van der Waals surface area (Å²) in [6.07, 6.45) is 0. The minimum atomic E-state index is -0.0502. The Bertz CT molecular complexity index is 837. The Morgan fingerprint density at radius 1 is 1.00 bits per heavy atom. The molecule has 2 aromatic carbocycles. The molecule has 7 heteroatoms. The van der Waals surface area contributed by atoms with E-state index < -0.39 is 0 Å². The molecule has 0 aliphatic heterocycles. The molecule has 0 radical (unpaired) electrons. The van der Waals surface area contributed by atoms with Crippen molar-refractivity contribution >= 4 is 35.8 Å². The van der Waals surface area contributed by atoms with Gasteiger partial charge in [-0.2, -0.15) is 0 Å². The number of amides is 1. The zero-order valence-electron chi connectivity index (χ0n) is 19.2. The van der Waals surface area contributed by atoms with Crippen LogP contribution in [0, 0.1) is 0 Å². The normalized spacial score (nSPS) is 11.6. The number of rotatable bonds is 9. The third-order valence-corrected chi connectivity index (χ3v) is 4.97. The van der Waals surface area contributed by atoms with Gasteiger partial charge in [-0.15, -0.1) is 24.0 Å². The number of hydrogen-bond donors (Lipinski definition) is 3. The van der Waals surface area contributed by atoms with E-state index in [1.165, 1.54) is 5.56 Å². The molecule has 0 heterocycles. The van der Waals surface area contributed by atoms with Crippen LogP contribution in [0.1, 0.15) is 35.3 Å². The van der Waals surface area contributed by atoms with Crippen molar-refractivity contribution in [2.75, 3.05) is 40.8 Å². The van der Waals surface area contributed by atoms with Crippen LogP contribution in [0.3, 0.4) is 0 Å². The maximum atomic E-state index is 12.3. The fourth-order valence-corrected chi connectivity index (χ4v) is 3.02. The van der Waals surface area contributed by atoms with Crippen molar-refractivity contribution in [1.29, 1.82) is 0 Å². The van der Waals surface area contributed by atoms with Crippen molar-refractivity contribution in [3.63, 3.8) is 0 Å². The molecule has 3 N–H and O–H groups in total. The average molecular weight is 537 g/mol. The van der Waals surface area contributed by atoms with Crippen molar-refractivity contribution in [3.8, 4) is 0 Å². The summed E-state index contributed by atoms with van der Waals surface area (Å²) in [6, 6.07) is 18.1. The zero-order chi connectivity index (χ0) is 22.0. The summed E-state index contributed by atoms with van der Waals surface area (Å²) in [5.41, 5.74) is 2.95. The number of hydrogen-bond acceptors (Lipinski definition) is 3. The van der Waals surface area contributed by atoms with Gasteiger partial charge in [-0.25, -0.2) is 0 Å². The van der Waals surface area contributed by atoms with Crippen LogP contribution < -0.4 is 16.0 Å². The maximum absolute atomic E-state index is 12.3. The Labute approximate surface area is 203 Å². The molecular weight excluding hydrogens is 501 g/mol. The minimum absolute atomic E-state index is 0. The Morgan fingerprint density at radius 2 is 1.71 bits per heavy atom. The quantitative estimate of drug-likeness (QED) is 0.261. The highest BCUT2D eigenvalue weighted by atomic mass is 127. The number of carbonyl (C=O) groups is 1. The molecule has 2 rings (SSSR count). The lowest BCUT2D eigenvalue weighted by Gasteiger charge is -2.26. The highest BCUT2D eigenvalue weighted by molar-refractivity contribution is 14.0. The van der Waals surface area contributed by atoms with Crippen molar-refractivity contribution in [2.24, 2.45) is 4.99 Å². The van der Waals surface area contributed by atoms with Crippen molar-refractivity contribution in [2.45, 2.75) is 25.8 Å². The molecule has 31 heavy (non-hydrogen) atoms. The molecule has 6 nitrogen and oxygen atoms in total. The van der Waals surface area contributed by atoms with Crippen LogP contribution in [0.4, 0.5) is 0 Å². The van der Waals surface area contributed by atoms with Crippen LogP contribution in [0.15, 0.2) is 59.6 Å². The first-order valence-electron chi connectivity index (χ1n) is 10.3. The van der Waals surface area contributed by atoms with E-state index in [1.807, 2.05) is 49.3 Å². The van der Waals surface area contributed by atoms with Gasteiger partial charge in [0.25, 0.3) is 5.91 Å². The monoisotopic (exact) mass is 537 g/mol. The lowest BCUT2D eigenvalue weighted by atomic mass is 9.85. The number of carbonyl (C=O) groups excluding carboxylic acids is 1. The standard InChI is InChI=1S/C24H35N5O.HI/c1-24(2,21-12-7-6-8-13-21)18-28-23(25-3)27-17-19-10-9-11-20(16-19)22(30)26-14-15-29(4)5;/h6-13,16H,14-15,17-18H2,1-5H3,(H,26,30)(H2,25,27,28);1H. The van der Waals surface area contributed by atoms with Crippen LogP contribution in [0.5, 0.6) is 0 Å². The average Bonchev–Trinajstić information content (AvgIpc) is 2.74. The van der Waals surface area contributed by atoms with Gasteiger partial charge >= 0.3 is 0 Å². The van der Waals surface area contributed by atoms with Gasteiger partial charge in [0.1, 0.15) is 0 Å². The minimum Gasteiger partial charge on any atom is -0.356 e. The number of nitrogens with zero attached hydrogens (tertiary/aromatic N) is 2. The van der Waals surface area contributed by atoms with Gasteiger partial charge < -0.3 is 20.9 Å². The first kappa shape index (κ1) is 26.9. The van der Waals surface area contributed by atoms with Crippen LogP contribution in [0.2, 0.25) is 0 Å². The second-order valence-corrected chi connectivity index (χ2v) is 8.29. The van der Waals surface area contributed by atoms with E-state index in [1.54, 1.807) is 7.05 Å². The summed E-state index contributed by atoms with van der Waals surface area (Å²) < 4.78 is 0. The van der Waals surface area contributed by atoms with Gasteiger partial charge in [0, 0.05) is 44.2 Å². The summed E-state index contributed by atoms with van der Waals surface area (Å²) in [5.74, 6) is 0.686. The topological polar surface area (TPSA) is 68.8 Å². The fraction of sp³-hybridized carbons (Fsp3) is 0.417. The van der Waals surface area contributed by atoms with E-state index >= 15 is 0 Å². The Kier molecular flexibility index (Phi) is 11.6. The second kappa shape index (κ2) is 13.3. The molecule has 170 valence electrons. The zero-order valence-corrected chi connectivity index (χ0v) is 21.6. The molecule has 0 bridgehead atoms. The molecule has 0 unspecified atom stereocenters. The summed E-state index contributed by atoms with van der Waals surface area (Å²) in [4.78, 5) is 18.7. The van der Waals surface area contributed by atoms with Gasteiger partial charge in [0.05, 0.1) is 0 Å². The molecular formula is C24H36IN5O. The third kappa shape index (κ3) is 9.26. The van der Waals surface area contributed by atoms with Gasteiger partial charge in [-0.3, -0.25) is 9.79 Å². The van der Waals surface area contributed by atoms with Crippen LogP contribution >= 0.6 is 24.0 Å². The lowest BCUT2D eigenvalue weighted by molar-refractivity contribution is 0.0951. The highest BCUT2D eigenvalue weighted by Crippen LogP contribution is 2.21. The smallest absolute Gasteiger partial charge is 0.251 e. The van der Waals surface area contributed by atoms with Gasteiger partial charge in [-0.1, -0.05) is 56.3 Å². The molecule has 1 amide bonds. The summed E-state index contributed by atoms with van der Waals surface area (Å²) in [5, 5.41) is 9.69. The molecule has 0 saturated carbocycles. The van der Waals surface area contributed by atoms with E-state index in [2.05, 4.69) is 59.1 Å². The molecule has 0 aliphatic rings. The largest absolute Gasteiger partial charge is 0.356 e. The molecule has 0 aromatic heterocycles. The molecule has 0 saturated heterocycles. The maximum Gasteiger partial charge on any atom is 0.251 e. The summed E-state index contributed by atoms with van der Waals surface area (Å²) >= 11 is 0. The van der Waals surface area contributed by atoms with Crippen LogP contribution in [-0.2, 0) is 12.0 Å². The van der Waals surface area contributed by atoms with Crippen molar-refractivity contribution in [3.05, 3.63) is 71.3 Å². The van der Waals surface area contributed by atoms with Gasteiger partial charge in [0.2, 0.25) is 0 Å². The molecule has 0 fully saturated rings. The number of halogens is 1. The Hall–Kier alpha value is -2.13. The number of aliphatic imine (C=N–C) groups is 1. The predicted molar refractivity (Wildman–Crippen MR) is 140 cm³/mol. The Morgan fingerprint density at radius 3 is 2.35 bits per heavy atom. The molecule has 0 aliphatic carbocycles. The third-order valence-electron chi connectivity index (χ3n) is 4.97.